The number of nitrogens with one attached hydrogen (secondary N) is 2. The van der Waals surface area contributed by atoms with Crippen LogP contribution in [0.15, 0.2) is 24.3 Å². The van der Waals surface area contributed by atoms with Crippen LogP contribution in [0.25, 0.3) is 0 Å². The average molecular weight is 290 g/mol. The Labute approximate surface area is 126 Å². The molecule has 2 unspecified atom stereocenters. The number of benzene rings is 1. The lowest BCUT2D eigenvalue weighted by molar-refractivity contribution is 0.0874. The molecule has 1 aromatic rings. The van der Waals surface area contributed by atoms with Gasteiger partial charge in [-0.25, -0.2) is 0 Å². The zero-order chi connectivity index (χ0) is 15.1. The number of aliphatic hydroxyl groups is 1. The lowest BCUT2D eigenvalue weighted by atomic mass is 9.87. The van der Waals surface area contributed by atoms with Crippen molar-refractivity contribution in [1.29, 1.82) is 0 Å². The van der Waals surface area contributed by atoms with Gasteiger partial charge in [0.15, 0.2) is 0 Å². The molecule has 1 aliphatic carbocycles. The predicted octanol–water partition coefficient (Wildman–Crippen LogP) is 2.79. The molecule has 0 aromatic heterocycles. The highest BCUT2D eigenvalue weighted by Crippen LogP contribution is 2.23. The quantitative estimate of drug-likeness (QED) is 0.755. The smallest absolute Gasteiger partial charge is 0.253 e. The molecule has 0 aliphatic heterocycles. The molecule has 4 nitrogen and oxygen atoms in total. The average Bonchev–Trinajstić information content (AvgIpc) is 2.51. The van der Waals surface area contributed by atoms with Gasteiger partial charge < -0.3 is 15.7 Å². The molecular weight excluding hydrogens is 264 g/mol. The minimum atomic E-state index is -0.195. The number of anilines is 1. The van der Waals surface area contributed by atoms with Crippen LogP contribution in [0.4, 0.5) is 5.69 Å². The van der Waals surface area contributed by atoms with Crippen molar-refractivity contribution in [3.8, 4) is 0 Å². The lowest BCUT2D eigenvalue weighted by Crippen LogP contribution is -2.33. The third kappa shape index (κ3) is 4.74. The SMILES string of the molecule is CCCNc1ccccc1C(=O)NCC1CCCC(O)C1. The van der Waals surface area contributed by atoms with Gasteiger partial charge in [-0.05, 0) is 43.7 Å². The van der Waals surface area contributed by atoms with E-state index in [0.717, 1.165) is 44.3 Å². The van der Waals surface area contributed by atoms with E-state index in [0.29, 0.717) is 18.0 Å². The van der Waals surface area contributed by atoms with E-state index in [4.69, 9.17) is 0 Å². The number of para-hydroxylation sites is 1. The van der Waals surface area contributed by atoms with Crippen molar-refractivity contribution in [2.75, 3.05) is 18.4 Å². The van der Waals surface area contributed by atoms with Gasteiger partial charge >= 0.3 is 0 Å². The number of hydrogen-bond acceptors (Lipinski definition) is 3. The first-order valence-electron chi connectivity index (χ1n) is 8.00. The van der Waals surface area contributed by atoms with Crippen LogP contribution in [0.2, 0.25) is 0 Å². The Bertz CT molecular complexity index is 462. The molecule has 1 fully saturated rings. The summed E-state index contributed by atoms with van der Waals surface area (Å²) < 4.78 is 0. The molecule has 2 atom stereocenters. The third-order valence-electron chi connectivity index (χ3n) is 4.04. The number of carbonyl (C=O) groups is 1. The maximum atomic E-state index is 12.3. The summed E-state index contributed by atoms with van der Waals surface area (Å²) in [6.07, 6.45) is 4.67. The van der Waals surface area contributed by atoms with Crippen LogP contribution in [0.5, 0.6) is 0 Å². The fraction of sp³-hybridized carbons (Fsp3) is 0.588. The highest BCUT2D eigenvalue weighted by atomic mass is 16.3. The largest absolute Gasteiger partial charge is 0.393 e. The molecule has 2 rings (SSSR count). The molecule has 116 valence electrons. The summed E-state index contributed by atoms with van der Waals surface area (Å²) in [6.45, 7) is 3.61. The predicted molar refractivity (Wildman–Crippen MR) is 85.5 cm³/mol. The summed E-state index contributed by atoms with van der Waals surface area (Å²) in [4.78, 5) is 12.3. The maximum absolute atomic E-state index is 12.3. The van der Waals surface area contributed by atoms with E-state index in [2.05, 4.69) is 17.6 Å². The van der Waals surface area contributed by atoms with Crippen molar-refractivity contribution in [3.63, 3.8) is 0 Å². The molecule has 1 aliphatic rings. The Kier molecular flexibility index (Phi) is 6.05. The van der Waals surface area contributed by atoms with E-state index in [9.17, 15) is 9.90 Å². The van der Waals surface area contributed by atoms with Crippen molar-refractivity contribution in [1.82, 2.24) is 5.32 Å². The summed E-state index contributed by atoms with van der Waals surface area (Å²) in [7, 11) is 0. The van der Waals surface area contributed by atoms with E-state index in [-0.39, 0.29) is 12.0 Å². The second-order valence-corrected chi connectivity index (χ2v) is 5.87. The molecule has 3 N–H and O–H groups in total. The van der Waals surface area contributed by atoms with Crippen molar-refractivity contribution in [3.05, 3.63) is 29.8 Å². The van der Waals surface area contributed by atoms with E-state index < -0.39 is 0 Å². The first-order chi connectivity index (χ1) is 10.2. The summed E-state index contributed by atoms with van der Waals surface area (Å²) >= 11 is 0. The van der Waals surface area contributed by atoms with E-state index in [1.807, 2.05) is 24.3 Å². The van der Waals surface area contributed by atoms with Gasteiger partial charge in [0.25, 0.3) is 5.91 Å². The van der Waals surface area contributed by atoms with E-state index in [1.54, 1.807) is 0 Å². The maximum Gasteiger partial charge on any atom is 0.253 e. The Balaban J connectivity index is 1.90. The van der Waals surface area contributed by atoms with Crippen molar-refractivity contribution in [2.45, 2.75) is 45.1 Å². The Morgan fingerprint density at radius 1 is 1.33 bits per heavy atom. The molecule has 1 amide bonds. The fourth-order valence-electron chi connectivity index (χ4n) is 2.88. The van der Waals surface area contributed by atoms with Crippen molar-refractivity contribution in [2.24, 2.45) is 5.92 Å². The molecule has 0 saturated heterocycles. The van der Waals surface area contributed by atoms with Gasteiger partial charge in [-0.3, -0.25) is 4.79 Å². The van der Waals surface area contributed by atoms with Gasteiger partial charge in [0.2, 0.25) is 0 Å². The first-order valence-corrected chi connectivity index (χ1v) is 8.00. The molecule has 21 heavy (non-hydrogen) atoms. The standard InChI is InChI=1S/C17H26N2O2/c1-2-10-18-16-9-4-3-8-15(16)17(21)19-12-13-6-5-7-14(20)11-13/h3-4,8-9,13-14,18,20H,2,5-7,10-12H2,1H3,(H,19,21). The van der Waals surface area contributed by atoms with Crippen LogP contribution < -0.4 is 10.6 Å². The number of amides is 1. The topological polar surface area (TPSA) is 61.4 Å². The second-order valence-electron chi connectivity index (χ2n) is 5.87. The van der Waals surface area contributed by atoms with Gasteiger partial charge in [0, 0.05) is 18.8 Å². The van der Waals surface area contributed by atoms with Gasteiger partial charge in [-0.15, -0.1) is 0 Å². The number of rotatable bonds is 6. The van der Waals surface area contributed by atoms with Crippen LogP contribution in [0.3, 0.4) is 0 Å². The Morgan fingerprint density at radius 2 is 2.14 bits per heavy atom. The molecule has 0 heterocycles. The zero-order valence-electron chi connectivity index (χ0n) is 12.8. The number of aliphatic hydroxyl groups excluding tert-OH is 1. The fourth-order valence-corrected chi connectivity index (χ4v) is 2.88. The van der Waals surface area contributed by atoms with E-state index >= 15 is 0 Å². The molecule has 4 heteroatoms. The Morgan fingerprint density at radius 3 is 2.90 bits per heavy atom. The van der Waals surface area contributed by atoms with Crippen LogP contribution in [0.1, 0.15) is 49.4 Å². The zero-order valence-corrected chi connectivity index (χ0v) is 12.8. The van der Waals surface area contributed by atoms with Crippen LogP contribution >= 0.6 is 0 Å². The summed E-state index contributed by atoms with van der Waals surface area (Å²) in [5.74, 6) is 0.364. The summed E-state index contributed by atoms with van der Waals surface area (Å²) in [5.41, 5.74) is 1.59. The minimum Gasteiger partial charge on any atom is -0.393 e. The molecule has 1 aromatic carbocycles. The van der Waals surface area contributed by atoms with Crippen molar-refractivity contribution >= 4 is 11.6 Å². The monoisotopic (exact) mass is 290 g/mol. The first kappa shape index (κ1) is 15.8. The lowest BCUT2D eigenvalue weighted by Gasteiger charge is -2.26. The summed E-state index contributed by atoms with van der Waals surface area (Å²) in [5, 5.41) is 16.0. The van der Waals surface area contributed by atoms with Gasteiger partial charge in [0.05, 0.1) is 11.7 Å². The van der Waals surface area contributed by atoms with E-state index in [1.165, 1.54) is 0 Å². The van der Waals surface area contributed by atoms with Gasteiger partial charge in [-0.1, -0.05) is 25.5 Å². The van der Waals surface area contributed by atoms with Crippen LogP contribution in [0, 0.1) is 5.92 Å². The van der Waals surface area contributed by atoms with Gasteiger partial charge in [-0.2, -0.15) is 0 Å². The number of carbonyl (C=O) groups excluding carboxylic acids is 1. The molecule has 0 radical (unpaired) electrons. The normalized spacial score (nSPS) is 21.8. The highest BCUT2D eigenvalue weighted by molar-refractivity contribution is 5.99. The molecule has 0 bridgehead atoms. The summed E-state index contributed by atoms with van der Waals surface area (Å²) in [6, 6.07) is 7.61. The second kappa shape index (κ2) is 8.03. The van der Waals surface area contributed by atoms with Crippen molar-refractivity contribution < 1.29 is 9.90 Å². The van der Waals surface area contributed by atoms with Crippen LogP contribution in [-0.2, 0) is 0 Å². The third-order valence-corrected chi connectivity index (χ3v) is 4.04. The van der Waals surface area contributed by atoms with Gasteiger partial charge in [0.1, 0.15) is 0 Å². The van der Waals surface area contributed by atoms with Crippen LogP contribution in [-0.4, -0.2) is 30.2 Å². The molecule has 0 spiro atoms. The molecular formula is C17H26N2O2. The highest BCUT2D eigenvalue weighted by Gasteiger charge is 2.21. The minimum absolute atomic E-state index is 0.0331. The number of hydrogen-bond donors (Lipinski definition) is 3. The Hall–Kier alpha value is -1.55. The molecule has 1 saturated carbocycles.